The van der Waals surface area contributed by atoms with Crippen molar-refractivity contribution in [2.75, 3.05) is 0 Å². The van der Waals surface area contributed by atoms with Gasteiger partial charge in [0.2, 0.25) is 0 Å². The number of nitrogens with zero attached hydrogens (tertiary/aromatic N) is 3. The average Bonchev–Trinajstić information content (AvgIpc) is 2.70. The maximum absolute atomic E-state index is 10.7. The number of carboxylic acid groups (broad SMARTS) is 1. The van der Waals surface area contributed by atoms with Crippen LogP contribution in [0.5, 0.6) is 0 Å². The SMILES string of the molecule is NC(Cc1cn(C2CCCCCC2O)nn1)C(=O)O. The van der Waals surface area contributed by atoms with Crippen LogP contribution in [-0.2, 0) is 11.2 Å². The first-order chi connectivity index (χ1) is 9.08. The second-order valence-corrected chi connectivity index (χ2v) is 5.11. The Morgan fingerprint density at radius 1 is 1.47 bits per heavy atom. The van der Waals surface area contributed by atoms with Crippen LogP contribution >= 0.6 is 0 Å². The zero-order valence-corrected chi connectivity index (χ0v) is 10.8. The molecule has 1 fully saturated rings. The van der Waals surface area contributed by atoms with E-state index in [2.05, 4.69) is 10.3 Å². The van der Waals surface area contributed by atoms with Gasteiger partial charge in [0.1, 0.15) is 6.04 Å². The minimum absolute atomic E-state index is 0.0650. The van der Waals surface area contributed by atoms with Gasteiger partial charge in [-0.05, 0) is 12.8 Å². The van der Waals surface area contributed by atoms with Gasteiger partial charge < -0.3 is 15.9 Å². The molecule has 7 nitrogen and oxygen atoms in total. The Morgan fingerprint density at radius 2 is 2.21 bits per heavy atom. The Hall–Kier alpha value is -1.47. The quantitative estimate of drug-likeness (QED) is 0.667. The lowest BCUT2D eigenvalue weighted by molar-refractivity contribution is -0.138. The molecular weight excluding hydrogens is 248 g/mol. The number of carboxylic acids is 1. The average molecular weight is 268 g/mol. The predicted molar refractivity (Wildman–Crippen MR) is 67.5 cm³/mol. The molecule has 1 saturated carbocycles. The zero-order valence-electron chi connectivity index (χ0n) is 10.8. The first-order valence-corrected chi connectivity index (χ1v) is 6.65. The van der Waals surface area contributed by atoms with Crippen LogP contribution in [0.2, 0.25) is 0 Å². The van der Waals surface area contributed by atoms with Crippen LogP contribution in [0.1, 0.15) is 43.8 Å². The van der Waals surface area contributed by atoms with Crippen LogP contribution in [0.3, 0.4) is 0 Å². The van der Waals surface area contributed by atoms with E-state index in [9.17, 15) is 9.90 Å². The molecule has 0 aromatic carbocycles. The minimum Gasteiger partial charge on any atom is -0.480 e. The molecule has 1 aromatic heterocycles. The molecule has 7 heteroatoms. The summed E-state index contributed by atoms with van der Waals surface area (Å²) < 4.78 is 1.65. The van der Waals surface area contributed by atoms with Gasteiger partial charge in [0.05, 0.1) is 17.8 Å². The normalized spacial score (nSPS) is 25.8. The third kappa shape index (κ3) is 3.51. The van der Waals surface area contributed by atoms with Gasteiger partial charge in [0, 0.05) is 12.6 Å². The number of aliphatic carboxylic acids is 1. The topological polar surface area (TPSA) is 114 Å². The smallest absolute Gasteiger partial charge is 0.320 e. The zero-order chi connectivity index (χ0) is 13.8. The van der Waals surface area contributed by atoms with Crippen molar-refractivity contribution < 1.29 is 15.0 Å². The third-order valence-corrected chi connectivity index (χ3v) is 3.59. The van der Waals surface area contributed by atoms with E-state index >= 15 is 0 Å². The molecule has 3 atom stereocenters. The number of hydrogen-bond donors (Lipinski definition) is 3. The molecule has 1 aliphatic carbocycles. The number of aliphatic hydroxyl groups excluding tert-OH is 1. The van der Waals surface area contributed by atoms with Crippen molar-refractivity contribution >= 4 is 5.97 Å². The molecule has 19 heavy (non-hydrogen) atoms. The summed E-state index contributed by atoms with van der Waals surface area (Å²) in [5, 5.41) is 26.8. The molecule has 1 aromatic rings. The fourth-order valence-electron chi connectivity index (χ4n) is 2.46. The molecule has 0 bridgehead atoms. The Morgan fingerprint density at radius 3 is 2.95 bits per heavy atom. The number of aliphatic hydroxyl groups is 1. The van der Waals surface area contributed by atoms with Crippen molar-refractivity contribution in [2.45, 2.75) is 56.7 Å². The molecule has 0 aliphatic heterocycles. The number of nitrogens with two attached hydrogens (primary N) is 1. The Labute approximate surface area is 111 Å². The second kappa shape index (κ2) is 6.12. The fourth-order valence-corrected chi connectivity index (χ4v) is 2.46. The Bertz CT molecular complexity index is 434. The van der Waals surface area contributed by atoms with E-state index in [-0.39, 0.29) is 12.5 Å². The molecule has 0 saturated heterocycles. The summed E-state index contributed by atoms with van der Waals surface area (Å²) in [6.07, 6.45) is 6.29. The van der Waals surface area contributed by atoms with Crippen LogP contribution in [0.25, 0.3) is 0 Å². The van der Waals surface area contributed by atoms with E-state index in [1.165, 1.54) is 0 Å². The summed E-state index contributed by atoms with van der Waals surface area (Å²) in [7, 11) is 0. The number of hydrogen-bond acceptors (Lipinski definition) is 5. The van der Waals surface area contributed by atoms with Crippen molar-refractivity contribution in [3.05, 3.63) is 11.9 Å². The van der Waals surface area contributed by atoms with E-state index in [0.717, 1.165) is 32.1 Å². The van der Waals surface area contributed by atoms with Crippen LogP contribution in [0.15, 0.2) is 6.20 Å². The third-order valence-electron chi connectivity index (χ3n) is 3.59. The first kappa shape index (κ1) is 14.0. The molecule has 0 spiro atoms. The van der Waals surface area contributed by atoms with Crippen molar-refractivity contribution in [1.82, 2.24) is 15.0 Å². The largest absolute Gasteiger partial charge is 0.480 e. The standard InChI is InChI=1S/C12H20N4O3/c13-9(12(18)19)6-8-7-16(15-14-8)10-4-2-1-3-5-11(10)17/h7,9-11,17H,1-6,13H2,(H,18,19). The van der Waals surface area contributed by atoms with E-state index in [1.807, 2.05) is 0 Å². The van der Waals surface area contributed by atoms with E-state index in [0.29, 0.717) is 5.69 Å². The van der Waals surface area contributed by atoms with Gasteiger partial charge in [-0.3, -0.25) is 4.79 Å². The van der Waals surface area contributed by atoms with Crippen molar-refractivity contribution in [3.8, 4) is 0 Å². The molecular formula is C12H20N4O3. The highest BCUT2D eigenvalue weighted by Crippen LogP contribution is 2.26. The summed E-state index contributed by atoms with van der Waals surface area (Å²) >= 11 is 0. The summed E-state index contributed by atoms with van der Waals surface area (Å²) in [6, 6.07) is -1.03. The maximum Gasteiger partial charge on any atom is 0.320 e. The lowest BCUT2D eigenvalue weighted by Crippen LogP contribution is -2.32. The number of rotatable bonds is 4. The maximum atomic E-state index is 10.7. The van der Waals surface area contributed by atoms with Crippen LogP contribution < -0.4 is 5.73 Å². The van der Waals surface area contributed by atoms with Gasteiger partial charge in [0.15, 0.2) is 0 Å². The van der Waals surface area contributed by atoms with Crippen molar-refractivity contribution in [2.24, 2.45) is 5.73 Å². The molecule has 0 amide bonds. The van der Waals surface area contributed by atoms with Crippen LogP contribution in [-0.4, -0.2) is 43.3 Å². The number of carbonyl (C=O) groups is 1. The van der Waals surface area contributed by atoms with E-state index in [1.54, 1.807) is 10.9 Å². The van der Waals surface area contributed by atoms with Gasteiger partial charge in [-0.25, -0.2) is 4.68 Å². The van der Waals surface area contributed by atoms with Gasteiger partial charge in [0.25, 0.3) is 0 Å². The van der Waals surface area contributed by atoms with Crippen molar-refractivity contribution in [1.29, 1.82) is 0 Å². The van der Waals surface area contributed by atoms with Gasteiger partial charge >= 0.3 is 5.97 Å². The van der Waals surface area contributed by atoms with Gasteiger partial charge in [-0.1, -0.05) is 24.5 Å². The Kier molecular flexibility index (Phi) is 4.49. The number of aromatic nitrogens is 3. The molecule has 3 unspecified atom stereocenters. The lowest BCUT2D eigenvalue weighted by Gasteiger charge is -2.19. The highest BCUT2D eigenvalue weighted by atomic mass is 16.4. The Balaban J connectivity index is 2.05. The summed E-state index contributed by atoms with van der Waals surface area (Å²) in [5.41, 5.74) is 6.01. The lowest BCUT2D eigenvalue weighted by atomic mass is 10.1. The molecule has 2 rings (SSSR count). The summed E-state index contributed by atoms with van der Waals surface area (Å²) in [4.78, 5) is 10.7. The molecule has 106 valence electrons. The second-order valence-electron chi connectivity index (χ2n) is 5.11. The fraction of sp³-hybridized carbons (Fsp3) is 0.750. The molecule has 1 aliphatic rings. The van der Waals surface area contributed by atoms with Gasteiger partial charge in [-0.15, -0.1) is 5.10 Å². The minimum atomic E-state index is -1.05. The summed E-state index contributed by atoms with van der Waals surface area (Å²) in [6.45, 7) is 0. The molecule has 4 N–H and O–H groups in total. The highest BCUT2D eigenvalue weighted by molar-refractivity contribution is 5.73. The monoisotopic (exact) mass is 268 g/mol. The van der Waals surface area contributed by atoms with E-state index < -0.39 is 18.1 Å². The van der Waals surface area contributed by atoms with Crippen LogP contribution in [0.4, 0.5) is 0 Å². The first-order valence-electron chi connectivity index (χ1n) is 6.65. The van der Waals surface area contributed by atoms with Gasteiger partial charge in [-0.2, -0.15) is 0 Å². The molecule has 0 radical (unpaired) electrons. The highest BCUT2D eigenvalue weighted by Gasteiger charge is 2.25. The van der Waals surface area contributed by atoms with Crippen molar-refractivity contribution in [3.63, 3.8) is 0 Å². The summed E-state index contributed by atoms with van der Waals surface area (Å²) in [5.74, 6) is -1.05. The predicted octanol–water partition coefficient (Wildman–Crippen LogP) is 0.0986. The molecule has 1 heterocycles. The van der Waals surface area contributed by atoms with Crippen LogP contribution in [0, 0.1) is 0 Å². The van der Waals surface area contributed by atoms with E-state index in [4.69, 9.17) is 10.8 Å².